The molecule has 1 fully saturated rings. The van der Waals surface area contributed by atoms with Gasteiger partial charge in [-0.15, -0.1) is 11.3 Å². The Kier molecular flexibility index (Phi) is 3.87. The van der Waals surface area contributed by atoms with Crippen molar-refractivity contribution in [2.45, 2.75) is 25.2 Å². The molecule has 1 aromatic carbocycles. The molecule has 0 unspecified atom stereocenters. The number of hydrogen-bond acceptors (Lipinski definition) is 5. The van der Waals surface area contributed by atoms with Crippen molar-refractivity contribution in [3.63, 3.8) is 0 Å². The van der Waals surface area contributed by atoms with E-state index in [1.54, 1.807) is 12.1 Å². The molecule has 0 radical (unpaired) electrons. The topological polar surface area (TPSA) is 60.5 Å². The molecule has 23 heavy (non-hydrogen) atoms. The van der Waals surface area contributed by atoms with Crippen molar-refractivity contribution in [1.29, 1.82) is 0 Å². The first kappa shape index (κ1) is 14.8. The van der Waals surface area contributed by atoms with Crippen molar-refractivity contribution in [1.82, 2.24) is 4.98 Å². The van der Waals surface area contributed by atoms with Gasteiger partial charge in [-0.25, -0.2) is 4.98 Å². The smallest absolute Gasteiger partial charge is 0.230 e. The van der Waals surface area contributed by atoms with Gasteiger partial charge in [0, 0.05) is 11.3 Å². The van der Waals surface area contributed by atoms with Crippen LogP contribution in [-0.2, 0) is 11.2 Å². The van der Waals surface area contributed by atoms with Crippen LogP contribution in [0.3, 0.4) is 0 Å². The van der Waals surface area contributed by atoms with Crippen LogP contribution in [-0.4, -0.2) is 24.1 Å². The first-order valence-electron chi connectivity index (χ1n) is 7.52. The SMILES string of the molecule is O=C(Cc1cc(Cl)c2c(c1)OCCO2)Nc1nc(C2CC2)cs1. The van der Waals surface area contributed by atoms with E-state index in [2.05, 4.69) is 10.3 Å². The van der Waals surface area contributed by atoms with Gasteiger partial charge in [0.1, 0.15) is 13.2 Å². The number of benzene rings is 1. The number of rotatable bonds is 4. The lowest BCUT2D eigenvalue weighted by Crippen LogP contribution is -2.17. The molecule has 0 spiro atoms. The summed E-state index contributed by atoms with van der Waals surface area (Å²) in [5.74, 6) is 1.62. The summed E-state index contributed by atoms with van der Waals surface area (Å²) in [6.45, 7) is 0.974. The predicted molar refractivity (Wildman–Crippen MR) is 88.9 cm³/mol. The van der Waals surface area contributed by atoms with Crippen molar-refractivity contribution in [2.75, 3.05) is 18.5 Å². The molecule has 5 nitrogen and oxygen atoms in total. The number of anilines is 1. The lowest BCUT2D eigenvalue weighted by atomic mass is 10.1. The highest BCUT2D eigenvalue weighted by Gasteiger charge is 2.26. The Balaban J connectivity index is 1.44. The zero-order valence-electron chi connectivity index (χ0n) is 12.3. The molecule has 0 saturated heterocycles. The summed E-state index contributed by atoms with van der Waals surface area (Å²) >= 11 is 7.66. The molecule has 0 atom stereocenters. The molecule has 7 heteroatoms. The van der Waals surface area contributed by atoms with Crippen molar-refractivity contribution < 1.29 is 14.3 Å². The van der Waals surface area contributed by atoms with E-state index in [4.69, 9.17) is 21.1 Å². The molecule has 1 aliphatic heterocycles. The molecule has 4 rings (SSSR count). The van der Waals surface area contributed by atoms with E-state index >= 15 is 0 Å². The summed E-state index contributed by atoms with van der Waals surface area (Å²) in [7, 11) is 0. The van der Waals surface area contributed by atoms with Crippen molar-refractivity contribution in [2.24, 2.45) is 0 Å². The van der Waals surface area contributed by atoms with Gasteiger partial charge >= 0.3 is 0 Å². The van der Waals surface area contributed by atoms with Gasteiger partial charge in [-0.1, -0.05) is 11.6 Å². The Labute approximate surface area is 142 Å². The molecule has 120 valence electrons. The highest BCUT2D eigenvalue weighted by atomic mass is 35.5. The number of hydrogen-bond donors (Lipinski definition) is 1. The van der Waals surface area contributed by atoms with Crippen LogP contribution in [0, 0.1) is 0 Å². The highest BCUT2D eigenvalue weighted by Crippen LogP contribution is 2.41. The number of aromatic nitrogens is 1. The number of ether oxygens (including phenoxy) is 2. The van der Waals surface area contributed by atoms with Crippen LogP contribution in [0.2, 0.25) is 5.02 Å². The maximum atomic E-state index is 12.2. The minimum Gasteiger partial charge on any atom is -0.486 e. The highest BCUT2D eigenvalue weighted by molar-refractivity contribution is 7.13. The van der Waals surface area contributed by atoms with Crippen molar-refractivity contribution in [3.8, 4) is 11.5 Å². The maximum Gasteiger partial charge on any atom is 0.230 e. The molecular weight excluding hydrogens is 336 g/mol. The van der Waals surface area contributed by atoms with Crippen molar-refractivity contribution in [3.05, 3.63) is 33.8 Å². The minimum absolute atomic E-state index is 0.116. The van der Waals surface area contributed by atoms with Crippen molar-refractivity contribution >= 4 is 34.0 Å². The van der Waals surface area contributed by atoms with Gasteiger partial charge in [0.2, 0.25) is 5.91 Å². The van der Waals surface area contributed by atoms with E-state index in [0.29, 0.717) is 40.8 Å². The fourth-order valence-electron chi connectivity index (χ4n) is 2.53. The van der Waals surface area contributed by atoms with Crippen LogP contribution in [0.1, 0.15) is 30.0 Å². The van der Waals surface area contributed by atoms with Gasteiger partial charge in [-0.3, -0.25) is 4.79 Å². The molecule has 1 saturated carbocycles. The zero-order valence-corrected chi connectivity index (χ0v) is 13.9. The lowest BCUT2D eigenvalue weighted by molar-refractivity contribution is -0.115. The van der Waals surface area contributed by atoms with Crippen LogP contribution in [0.25, 0.3) is 0 Å². The van der Waals surface area contributed by atoms with Crippen LogP contribution in [0.5, 0.6) is 11.5 Å². The molecule has 2 aliphatic rings. The molecule has 1 amide bonds. The predicted octanol–water partition coefficient (Wildman–Crippen LogP) is 3.63. The summed E-state index contributed by atoms with van der Waals surface area (Å²) in [4.78, 5) is 16.7. The zero-order chi connectivity index (χ0) is 15.8. The summed E-state index contributed by atoms with van der Waals surface area (Å²) in [5.41, 5.74) is 1.88. The first-order valence-corrected chi connectivity index (χ1v) is 8.78. The molecular formula is C16H15ClN2O3S. The second-order valence-electron chi connectivity index (χ2n) is 5.68. The van der Waals surface area contributed by atoms with Crippen LogP contribution < -0.4 is 14.8 Å². The monoisotopic (exact) mass is 350 g/mol. The Morgan fingerprint density at radius 2 is 2.17 bits per heavy atom. The van der Waals surface area contributed by atoms with Gasteiger partial charge in [-0.05, 0) is 30.5 Å². The Hall–Kier alpha value is -1.79. The largest absolute Gasteiger partial charge is 0.486 e. The number of nitrogens with one attached hydrogen (secondary N) is 1. The van der Waals surface area contributed by atoms with Gasteiger partial charge in [0.25, 0.3) is 0 Å². The third kappa shape index (κ3) is 3.28. The van der Waals surface area contributed by atoms with E-state index in [-0.39, 0.29) is 12.3 Å². The number of nitrogens with zero attached hydrogens (tertiary/aromatic N) is 1. The molecule has 1 aromatic heterocycles. The van der Waals surface area contributed by atoms with Crippen LogP contribution >= 0.6 is 22.9 Å². The van der Waals surface area contributed by atoms with E-state index < -0.39 is 0 Å². The maximum absolute atomic E-state index is 12.2. The van der Waals surface area contributed by atoms with Gasteiger partial charge in [0.05, 0.1) is 17.1 Å². The van der Waals surface area contributed by atoms with E-state index in [0.717, 1.165) is 11.3 Å². The van der Waals surface area contributed by atoms with E-state index in [9.17, 15) is 4.79 Å². The summed E-state index contributed by atoms with van der Waals surface area (Å²) in [6.07, 6.45) is 2.62. The fourth-order valence-corrected chi connectivity index (χ4v) is 3.62. The number of carbonyl (C=O) groups is 1. The Morgan fingerprint density at radius 1 is 1.35 bits per heavy atom. The van der Waals surface area contributed by atoms with Gasteiger partial charge in [-0.2, -0.15) is 0 Å². The number of thiazole rings is 1. The molecule has 1 aliphatic carbocycles. The number of carbonyl (C=O) groups excluding carboxylic acids is 1. The van der Waals surface area contributed by atoms with E-state index in [1.165, 1.54) is 24.2 Å². The first-order chi connectivity index (χ1) is 11.2. The number of halogens is 1. The van der Waals surface area contributed by atoms with E-state index in [1.807, 2.05) is 5.38 Å². The quantitative estimate of drug-likeness (QED) is 0.914. The fraction of sp³-hybridized carbons (Fsp3) is 0.375. The second kappa shape index (κ2) is 6.02. The number of amides is 1. The molecule has 2 aromatic rings. The summed E-state index contributed by atoms with van der Waals surface area (Å²) in [5, 5.41) is 5.99. The third-order valence-electron chi connectivity index (χ3n) is 3.79. The standard InChI is InChI=1S/C16H15ClN2O3S/c17-11-5-9(6-13-15(11)22-4-3-21-13)7-14(20)19-16-18-12(8-23-16)10-1-2-10/h5-6,8,10H,1-4,7H2,(H,18,19,20). The van der Waals surface area contributed by atoms with Gasteiger partial charge in [0.15, 0.2) is 16.6 Å². The minimum atomic E-state index is -0.116. The van der Waals surface area contributed by atoms with Crippen LogP contribution in [0.15, 0.2) is 17.5 Å². The molecule has 1 N–H and O–H groups in total. The summed E-state index contributed by atoms with van der Waals surface area (Å²) in [6, 6.07) is 3.55. The lowest BCUT2D eigenvalue weighted by Gasteiger charge is -2.20. The second-order valence-corrected chi connectivity index (χ2v) is 6.94. The average molecular weight is 351 g/mol. The molecule has 2 heterocycles. The third-order valence-corrected chi connectivity index (χ3v) is 4.84. The number of fused-ring (bicyclic) bond motifs is 1. The van der Waals surface area contributed by atoms with Gasteiger partial charge < -0.3 is 14.8 Å². The summed E-state index contributed by atoms with van der Waals surface area (Å²) < 4.78 is 11.0. The normalized spacial score (nSPS) is 16.2. The van der Waals surface area contributed by atoms with Crippen LogP contribution in [0.4, 0.5) is 5.13 Å². The molecule has 0 bridgehead atoms. The average Bonchev–Trinajstić information content (AvgIpc) is 3.28. The Bertz CT molecular complexity index is 758. The Morgan fingerprint density at radius 3 is 3.00 bits per heavy atom.